The number of nitrogens with one attached hydrogen (secondary N) is 1. The van der Waals surface area contributed by atoms with Crippen molar-refractivity contribution in [1.82, 2.24) is 0 Å². The summed E-state index contributed by atoms with van der Waals surface area (Å²) in [6.45, 7) is 3.05. The maximum atomic E-state index is 5.37. The predicted molar refractivity (Wildman–Crippen MR) is 77.8 cm³/mol. The van der Waals surface area contributed by atoms with Crippen LogP contribution >= 0.6 is 11.8 Å². The molecule has 1 saturated carbocycles. The van der Waals surface area contributed by atoms with Crippen LogP contribution in [0, 0.1) is 12.8 Å². The van der Waals surface area contributed by atoms with Gasteiger partial charge in [-0.05, 0) is 43.4 Å². The molecule has 0 radical (unpaired) electrons. The average Bonchev–Trinajstić information content (AvgIpc) is 3.11. The van der Waals surface area contributed by atoms with Gasteiger partial charge in [0.05, 0.1) is 19.3 Å². The van der Waals surface area contributed by atoms with Crippen LogP contribution < -0.4 is 10.1 Å². The largest absolute Gasteiger partial charge is 0.495 e. The van der Waals surface area contributed by atoms with Crippen LogP contribution in [0.15, 0.2) is 23.2 Å². The Balaban J connectivity index is 1.70. The van der Waals surface area contributed by atoms with Gasteiger partial charge < -0.3 is 10.1 Å². The monoisotopic (exact) mass is 262 g/mol. The molecule has 0 bridgehead atoms. The minimum absolute atomic E-state index is 0.698. The van der Waals surface area contributed by atoms with Gasteiger partial charge in [-0.25, -0.2) is 0 Å². The Labute approximate surface area is 112 Å². The summed E-state index contributed by atoms with van der Waals surface area (Å²) < 4.78 is 5.37. The van der Waals surface area contributed by atoms with E-state index in [2.05, 4.69) is 29.4 Å². The summed E-state index contributed by atoms with van der Waals surface area (Å²) >= 11 is 1.88. The fraction of sp³-hybridized carbons (Fsp3) is 0.500. The highest BCUT2D eigenvalue weighted by Gasteiger charge is 2.35. The van der Waals surface area contributed by atoms with Crippen molar-refractivity contribution in [3.63, 3.8) is 0 Å². The number of methoxy groups -OCH3 is 1. The number of amidine groups is 1. The number of aliphatic imine (C=N–C) groups is 1. The van der Waals surface area contributed by atoms with Crippen LogP contribution in [0.5, 0.6) is 5.75 Å². The zero-order valence-corrected chi connectivity index (χ0v) is 11.6. The number of rotatable bonds is 3. The van der Waals surface area contributed by atoms with Crippen LogP contribution in [0.3, 0.4) is 0 Å². The van der Waals surface area contributed by atoms with Crippen LogP contribution in [0.25, 0.3) is 0 Å². The molecule has 0 amide bonds. The summed E-state index contributed by atoms with van der Waals surface area (Å²) in [5.41, 5.74) is 2.24. The lowest BCUT2D eigenvalue weighted by molar-refractivity contribution is 0.417. The van der Waals surface area contributed by atoms with Gasteiger partial charge in [-0.3, -0.25) is 4.99 Å². The van der Waals surface area contributed by atoms with Gasteiger partial charge in [-0.1, -0.05) is 17.8 Å². The van der Waals surface area contributed by atoms with Crippen LogP contribution in [0.4, 0.5) is 5.69 Å². The molecule has 1 aliphatic heterocycles. The topological polar surface area (TPSA) is 33.6 Å². The summed E-state index contributed by atoms with van der Waals surface area (Å²) in [5.74, 6) is 1.77. The molecule has 1 atom stereocenters. The lowest BCUT2D eigenvalue weighted by Crippen LogP contribution is -2.09. The fourth-order valence-corrected chi connectivity index (χ4v) is 3.43. The molecule has 3 nitrogen and oxygen atoms in total. The molecule has 1 aromatic rings. The van der Waals surface area contributed by atoms with Crippen molar-refractivity contribution in [3.05, 3.63) is 23.8 Å². The first-order valence-corrected chi connectivity index (χ1v) is 7.27. The predicted octanol–water partition coefficient (Wildman–Crippen LogP) is 3.30. The number of nitrogens with zero attached hydrogens (tertiary/aromatic N) is 1. The van der Waals surface area contributed by atoms with Gasteiger partial charge in [0.2, 0.25) is 0 Å². The molecule has 0 spiro atoms. The molecule has 1 fully saturated rings. The summed E-state index contributed by atoms with van der Waals surface area (Å²) in [7, 11) is 1.70. The van der Waals surface area contributed by atoms with E-state index < -0.39 is 0 Å². The molecule has 1 heterocycles. The highest BCUT2D eigenvalue weighted by molar-refractivity contribution is 8.15. The van der Waals surface area contributed by atoms with Crippen LogP contribution in [-0.4, -0.2) is 24.1 Å². The summed E-state index contributed by atoms with van der Waals surface area (Å²) in [6.07, 6.45) is 2.77. The molecule has 18 heavy (non-hydrogen) atoms. The van der Waals surface area contributed by atoms with Gasteiger partial charge in [0.25, 0.3) is 0 Å². The van der Waals surface area contributed by atoms with Crippen molar-refractivity contribution in [2.24, 2.45) is 10.9 Å². The molecule has 96 valence electrons. The quantitative estimate of drug-likeness (QED) is 0.907. The fourth-order valence-electron chi connectivity index (χ4n) is 2.21. The van der Waals surface area contributed by atoms with Crippen LogP contribution in [0.2, 0.25) is 0 Å². The van der Waals surface area contributed by atoms with E-state index in [4.69, 9.17) is 4.74 Å². The van der Waals surface area contributed by atoms with Crippen molar-refractivity contribution in [1.29, 1.82) is 0 Å². The number of benzene rings is 1. The Bertz CT molecular complexity index is 483. The smallest absolute Gasteiger partial charge is 0.161 e. The van der Waals surface area contributed by atoms with Crippen molar-refractivity contribution >= 4 is 22.6 Å². The number of thioether (sulfide) groups is 1. The standard InChI is InChI=1S/C14H18N2OS/c1-9-3-6-12(17-2)11(7-9)16-14-15-8-13(18-14)10-4-5-10/h3,6-7,10,13H,4-5,8H2,1-2H3,(H,15,16). The average molecular weight is 262 g/mol. The molecule has 2 aliphatic rings. The van der Waals surface area contributed by atoms with E-state index in [0.717, 1.165) is 29.1 Å². The van der Waals surface area contributed by atoms with E-state index in [0.29, 0.717) is 5.25 Å². The second-order valence-electron chi connectivity index (χ2n) is 4.97. The Morgan fingerprint density at radius 3 is 2.94 bits per heavy atom. The lowest BCUT2D eigenvalue weighted by Gasteiger charge is -2.12. The van der Waals surface area contributed by atoms with Crippen molar-refractivity contribution in [2.75, 3.05) is 19.0 Å². The maximum absolute atomic E-state index is 5.37. The molecule has 0 saturated heterocycles. The number of aryl methyl sites for hydroxylation is 1. The molecule has 1 aromatic carbocycles. The van der Waals surface area contributed by atoms with Gasteiger partial charge in [0, 0.05) is 5.25 Å². The first-order valence-electron chi connectivity index (χ1n) is 6.39. The van der Waals surface area contributed by atoms with E-state index in [9.17, 15) is 0 Å². The number of ether oxygens (including phenoxy) is 1. The number of hydrogen-bond donors (Lipinski definition) is 1. The van der Waals surface area contributed by atoms with Crippen molar-refractivity contribution < 1.29 is 4.74 Å². The molecular formula is C14H18N2OS. The normalized spacial score (nSPS) is 22.8. The third kappa shape index (κ3) is 2.48. The maximum Gasteiger partial charge on any atom is 0.161 e. The molecule has 0 aromatic heterocycles. The van der Waals surface area contributed by atoms with E-state index in [1.54, 1.807) is 7.11 Å². The van der Waals surface area contributed by atoms with Crippen LogP contribution in [0.1, 0.15) is 18.4 Å². The van der Waals surface area contributed by atoms with E-state index in [1.165, 1.54) is 18.4 Å². The molecule has 4 heteroatoms. The number of hydrogen-bond acceptors (Lipinski definition) is 4. The Hall–Kier alpha value is -1.16. The SMILES string of the molecule is COc1ccc(C)cc1NC1=NCC(C2CC2)S1. The molecule has 1 aliphatic carbocycles. The van der Waals surface area contributed by atoms with Crippen molar-refractivity contribution in [2.45, 2.75) is 25.0 Å². The highest BCUT2D eigenvalue weighted by Crippen LogP contribution is 2.42. The second-order valence-corrected chi connectivity index (χ2v) is 6.20. The van der Waals surface area contributed by atoms with Gasteiger partial charge >= 0.3 is 0 Å². The third-order valence-electron chi connectivity index (χ3n) is 3.42. The van der Waals surface area contributed by atoms with Gasteiger partial charge in [-0.15, -0.1) is 0 Å². The summed E-state index contributed by atoms with van der Waals surface area (Å²) in [6, 6.07) is 6.16. The summed E-state index contributed by atoms with van der Waals surface area (Å²) in [5, 5.41) is 5.14. The first-order chi connectivity index (χ1) is 8.76. The molecule has 3 rings (SSSR count). The zero-order valence-electron chi connectivity index (χ0n) is 10.8. The van der Waals surface area contributed by atoms with Crippen LogP contribution in [-0.2, 0) is 0 Å². The van der Waals surface area contributed by atoms with E-state index in [-0.39, 0.29) is 0 Å². The zero-order chi connectivity index (χ0) is 12.5. The molecular weight excluding hydrogens is 244 g/mol. The second kappa shape index (κ2) is 4.84. The Morgan fingerprint density at radius 1 is 1.39 bits per heavy atom. The Kier molecular flexibility index (Phi) is 3.20. The Morgan fingerprint density at radius 2 is 2.22 bits per heavy atom. The number of anilines is 1. The van der Waals surface area contributed by atoms with E-state index >= 15 is 0 Å². The highest BCUT2D eigenvalue weighted by atomic mass is 32.2. The van der Waals surface area contributed by atoms with Crippen molar-refractivity contribution in [3.8, 4) is 5.75 Å². The minimum Gasteiger partial charge on any atom is -0.495 e. The molecule has 1 N–H and O–H groups in total. The first kappa shape index (κ1) is 11.9. The third-order valence-corrected chi connectivity index (χ3v) is 4.71. The minimum atomic E-state index is 0.698. The molecule has 1 unspecified atom stereocenters. The van der Waals surface area contributed by atoms with Gasteiger partial charge in [0.1, 0.15) is 5.75 Å². The summed E-state index contributed by atoms with van der Waals surface area (Å²) in [4.78, 5) is 4.59. The lowest BCUT2D eigenvalue weighted by atomic mass is 10.2. The van der Waals surface area contributed by atoms with E-state index in [1.807, 2.05) is 17.8 Å². The van der Waals surface area contributed by atoms with Gasteiger partial charge in [-0.2, -0.15) is 0 Å². The van der Waals surface area contributed by atoms with Gasteiger partial charge in [0.15, 0.2) is 5.17 Å².